The highest BCUT2D eigenvalue weighted by atomic mass is 31.0. The van der Waals surface area contributed by atoms with Gasteiger partial charge in [0.2, 0.25) is 0 Å². The minimum Gasteiger partial charge on any atom is -0.324 e. The lowest BCUT2D eigenvalue weighted by atomic mass is 9.86. The van der Waals surface area contributed by atoms with Crippen molar-refractivity contribution in [1.29, 1.82) is 0 Å². The molecule has 4 rings (SSSR count). The Morgan fingerprint density at radius 1 is 0.930 bits per heavy atom. The van der Waals surface area contributed by atoms with Crippen LogP contribution in [-0.2, 0) is 0 Å². The number of hydrogen-bond acceptors (Lipinski definition) is 1. The Hall–Kier alpha value is -4.03. The summed E-state index contributed by atoms with van der Waals surface area (Å²) in [5.41, 5.74) is 17.3. The van der Waals surface area contributed by atoms with E-state index in [0.29, 0.717) is 0 Å². The Kier molecular flexibility index (Phi) is 11.5. The van der Waals surface area contributed by atoms with Crippen molar-refractivity contribution in [2.45, 2.75) is 44.8 Å². The molecule has 0 saturated carbocycles. The highest BCUT2D eigenvalue weighted by Gasteiger charge is 2.26. The fourth-order valence-electron chi connectivity index (χ4n) is 5.47. The van der Waals surface area contributed by atoms with E-state index in [1.807, 2.05) is 13.0 Å². The van der Waals surface area contributed by atoms with Crippen LogP contribution in [0.5, 0.6) is 0 Å². The highest BCUT2D eigenvalue weighted by molar-refractivity contribution is 7.19. The molecule has 0 aliphatic heterocycles. The van der Waals surface area contributed by atoms with E-state index in [-0.39, 0.29) is 11.2 Å². The van der Waals surface area contributed by atoms with E-state index < -0.39 is 0 Å². The zero-order valence-corrected chi connectivity index (χ0v) is 26.9. The topological polar surface area (TPSA) is 26.0 Å². The Balaban J connectivity index is 2.02. The van der Waals surface area contributed by atoms with Crippen LogP contribution >= 0.6 is 9.24 Å². The summed E-state index contributed by atoms with van der Waals surface area (Å²) in [5, 5.41) is -0.349. The molecule has 0 saturated heterocycles. The number of allylic oxidation sites excluding steroid dienone is 13. The van der Waals surface area contributed by atoms with Gasteiger partial charge in [-0.2, -0.15) is 0 Å². The van der Waals surface area contributed by atoms with Crippen LogP contribution in [0, 0.1) is 6.92 Å². The number of nitrogens with two attached hydrogens (primary N) is 1. The number of benzene rings is 3. The second-order valence-electron chi connectivity index (χ2n) is 11.1. The van der Waals surface area contributed by atoms with Crippen LogP contribution in [0.25, 0.3) is 22.3 Å². The van der Waals surface area contributed by atoms with Gasteiger partial charge in [0.1, 0.15) is 0 Å². The van der Waals surface area contributed by atoms with Crippen molar-refractivity contribution in [2.75, 3.05) is 0 Å². The molecular weight excluding hydrogens is 537 g/mol. The molecule has 2 heteroatoms. The van der Waals surface area contributed by atoms with Gasteiger partial charge in [0, 0.05) is 11.2 Å². The fourth-order valence-corrected chi connectivity index (χ4v) is 6.05. The molecular formula is C41H44NP. The van der Waals surface area contributed by atoms with Crippen molar-refractivity contribution >= 4 is 20.4 Å². The zero-order chi connectivity index (χ0) is 30.7. The molecule has 0 spiro atoms. The van der Waals surface area contributed by atoms with Crippen LogP contribution in [0.3, 0.4) is 0 Å². The summed E-state index contributed by atoms with van der Waals surface area (Å²) in [5.74, 6) is 0. The molecule has 0 bridgehead atoms. The van der Waals surface area contributed by atoms with Crippen LogP contribution in [0.15, 0.2) is 163 Å². The van der Waals surface area contributed by atoms with E-state index in [2.05, 4.69) is 169 Å². The second kappa shape index (κ2) is 15.4. The molecule has 3 unspecified atom stereocenters. The van der Waals surface area contributed by atoms with Gasteiger partial charge in [0.05, 0.1) is 0 Å². The van der Waals surface area contributed by atoms with Gasteiger partial charge in [-0.1, -0.05) is 146 Å². The van der Waals surface area contributed by atoms with Crippen LogP contribution in [0.1, 0.15) is 43.4 Å². The standard InChI is InChI=1S/C41H44NP/c1-5-7-26-38(6-2)41(43)28-15-14-21-34(33-19-10-8-11-20-33)24-17-25-36(29-37(30-41)32(4)42)40-31(3)18-16-27-39(40)35-22-12-9-13-23-35/h5-14,16-27,29-30,32H,2,15,28,42-43H2,1,3-4H3/b7-5-,21-14-,25-17+,34-24-,36-29+,37-30+,38-26+. The highest BCUT2D eigenvalue weighted by Crippen LogP contribution is 2.39. The van der Waals surface area contributed by atoms with Gasteiger partial charge in [-0.05, 0) is 89.8 Å². The lowest BCUT2D eigenvalue weighted by molar-refractivity contribution is 0.732. The van der Waals surface area contributed by atoms with Gasteiger partial charge < -0.3 is 5.73 Å². The third-order valence-corrected chi connectivity index (χ3v) is 8.61. The second-order valence-corrected chi connectivity index (χ2v) is 12.1. The van der Waals surface area contributed by atoms with Gasteiger partial charge in [0.25, 0.3) is 0 Å². The number of aryl methyl sites for hydroxylation is 1. The van der Waals surface area contributed by atoms with E-state index in [9.17, 15) is 0 Å². The van der Waals surface area contributed by atoms with Crippen LogP contribution in [0.4, 0.5) is 0 Å². The summed E-state index contributed by atoms with van der Waals surface area (Å²) in [6.07, 6.45) is 25.8. The summed E-state index contributed by atoms with van der Waals surface area (Å²) in [6.45, 7) is 10.5. The normalized spacial score (nSPS) is 24.1. The van der Waals surface area contributed by atoms with Crippen LogP contribution in [-0.4, -0.2) is 11.2 Å². The largest absolute Gasteiger partial charge is 0.324 e. The molecule has 2 N–H and O–H groups in total. The molecule has 1 nitrogen and oxygen atoms in total. The first-order valence-electron chi connectivity index (χ1n) is 15.1. The number of rotatable bonds is 7. The van der Waals surface area contributed by atoms with E-state index in [4.69, 9.17) is 5.73 Å². The molecule has 3 aromatic carbocycles. The summed E-state index contributed by atoms with van der Waals surface area (Å²) in [6, 6.07) is 27.6. The third-order valence-electron chi connectivity index (χ3n) is 7.82. The van der Waals surface area contributed by atoms with Crippen molar-refractivity contribution < 1.29 is 0 Å². The Bertz CT molecular complexity index is 1610. The third kappa shape index (κ3) is 8.29. The molecule has 43 heavy (non-hydrogen) atoms. The zero-order valence-electron chi connectivity index (χ0n) is 25.7. The molecule has 1 aliphatic rings. The van der Waals surface area contributed by atoms with Crippen molar-refractivity contribution in [3.05, 3.63) is 180 Å². The lowest BCUT2D eigenvalue weighted by Gasteiger charge is -2.29. The quantitative estimate of drug-likeness (QED) is 0.218. The first-order valence-corrected chi connectivity index (χ1v) is 15.6. The average molecular weight is 582 g/mol. The van der Waals surface area contributed by atoms with Crippen molar-refractivity contribution in [2.24, 2.45) is 5.73 Å². The summed E-state index contributed by atoms with van der Waals surface area (Å²) in [4.78, 5) is 0. The maximum atomic E-state index is 6.74. The smallest absolute Gasteiger partial charge is 0.0283 e. The maximum Gasteiger partial charge on any atom is 0.0283 e. The molecule has 218 valence electrons. The molecule has 0 amide bonds. The van der Waals surface area contributed by atoms with Crippen LogP contribution < -0.4 is 5.73 Å². The molecule has 3 aromatic rings. The van der Waals surface area contributed by atoms with E-state index in [1.165, 1.54) is 33.4 Å². The minimum absolute atomic E-state index is 0.170. The van der Waals surface area contributed by atoms with Crippen molar-refractivity contribution in [3.63, 3.8) is 0 Å². The predicted octanol–water partition coefficient (Wildman–Crippen LogP) is 10.6. The predicted molar refractivity (Wildman–Crippen MR) is 194 cm³/mol. The van der Waals surface area contributed by atoms with Crippen molar-refractivity contribution in [3.8, 4) is 11.1 Å². The summed E-state index contributed by atoms with van der Waals surface area (Å²) in [7, 11) is 3.14. The average Bonchev–Trinajstić information content (AvgIpc) is 3.03. The van der Waals surface area contributed by atoms with Gasteiger partial charge in [-0.15, -0.1) is 9.24 Å². The Morgan fingerprint density at radius 2 is 1.63 bits per heavy atom. The monoisotopic (exact) mass is 581 g/mol. The number of hydrogen-bond donors (Lipinski definition) is 1. The fraction of sp³-hybridized carbons (Fsp3) is 0.171. The van der Waals surface area contributed by atoms with Gasteiger partial charge in [0.15, 0.2) is 0 Å². The van der Waals surface area contributed by atoms with Gasteiger partial charge in [-0.25, -0.2) is 0 Å². The SMILES string of the molecule is C=C/C(=C\C=C/C)C1(P)\C=C(C(C)N)/C=C(c2c(C)cccc2-c2ccccc2)\C=C\C=C(c2ccccc2)\C=C/CC1. The molecule has 0 heterocycles. The Labute approximate surface area is 261 Å². The van der Waals surface area contributed by atoms with E-state index in [1.54, 1.807) is 0 Å². The van der Waals surface area contributed by atoms with Gasteiger partial charge >= 0.3 is 0 Å². The minimum atomic E-state index is -0.349. The first kappa shape index (κ1) is 31.9. The summed E-state index contributed by atoms with van der Waals surface area (Å²) < 4.78 is 0. The van der Waals surface area contributed by atoms with E-state index >= 15 is 0 Å². The first-order chi connectivity index (χ1) is 20.9. The van der Waals surface area contributed by atoms with Crippen molar-refractivity contribution in [1.82, 2.24) is 0 Å². The molecule has 0 aromatic heterocycles. The molecule has 3 atom stereocenters. The molecule has 0 fully saturated rings. The summed E-state index contributed by atoms with van der Waals surface area (Å²) >= 11 is 0. The maximum absolute atomic E-state index is 6.74. The Morgan fingerprint density at radius 3 is 2.28 bits per heavy atom. The molecule has 0 radical (unpaired) electrons. The lowest BCUT2D eigenvalue weighted by Crippen LogP contribution is -2.25. The molecule has 1 aliphatic carbocycles. The van der Waals surface area contributed by atoms with E-state index in [0.717, 1.165) is 29.6 Å². The van der Waals surface area contributed by atoms with Gasteiger partial charge in [-0.3, -0.25) is 0 Å². The van der Waals surface area contributed by atoms with Crippen LogP contribution in [0.2, 0.25) is 0 Å².